The van der Waals surface area contributed by atoms with E-state index in [-0.39, 0.29) is 0 Å². The van der Waals surface area contributed by atoms with Gasteiger partial charge in [-0.2, -0.15) is 0 Å². The van der Waals surface area contributed by atoms with Gasteiger partial charge in [-0.25, -0.2) is 0 Å². The van der Waals surface area contributed by atoms with Gasteiger partial charge in [0.05, 0.1) is 0 Å². The minimum Gasteiger partial charge on any atom is -0.315 e. The van der Waals surface area contributed by atoms with Crippen molar-refractivity contribution in [2.75, 3.05) is 26.2 Å². The van der Waals surface area contributed by atoms with Crippen molar-refractivity contribution in [3.05, 3.63) is 0 Å². The van der Waals surface area contributed by atoms with Gasteiger partial charge in [0.15, 0.2) is 0 Å². The molecule has 0 aromatic rings. The average Bonchev–Trinajstić information content (AvgIpc) is 2.60. The molecule has 0 aromatic carbocycles. The maximum atomic E-state index is 3.60. The zero-order valence-electron chi connectivity index (χ0n) is 14.0. The molecule has 1 rings (SSSR count). The molecule has 1 aliphatic rings. The molecule has 2 atom stereocenters. The molecule has 0 radical (unpaired) electrons. The number of nitrogens with one attached hydrogen (secondary N) is 1. The van der Waals surface area contributed by atoms with Gasteiger partial charge >= 0.3 is 0 Å². The van der Waals surface area contributed by atoms with Gasteiger partial charge in [-0.1, -0.05) is 34.6 Å². The first kappa shape index (κ1) is 17.0. The Balaban J connectivity index is 2.45. The Kier molecular flexibility index (Phi) is 7.38. The van der Waals surface area contributed by atoms with Crippen molar-refractivity contribution in [1.29, 1.82) is 0 Å². The van der Waals surface area contributed by atoms with Crippen LogP contribution in [0, 0.1) is 11.3 Å². The number of likely N-dealkylation sites (tertiary alicyclic amines) is 1. The van der Waals surface area contributed by atoms with E-state index >= 15 is 0 Å². The van der Waals surface area contributed by atoms with Gasteiger partial charge in [0.2, 0.25) is 0 Å². The normalized spacial score (nSPS) is 24.2. The average molecular weight is 268 g/mol. The molecule has 1 heterocycles. The number of rotatable bonds is 6. The second kappa shape index (κ2) is 8.26. The second-order valence-electron chi connectivity index (χ2n) is 7.30. The van der Waals surface area contributed by atoms with Crippen molar-refractivity contribution in [3.8, 4) is 0 Å². The highest BCUT2D eigenvalue weighted by Gasteiger charge is 2.28. The summed E-state index contributed by atoms with van der Waals surface area (Å²) in [6.45, 7) is 16.7. The van der Waals surface area contributed by atoms with Gasteiger partial charge in [0.1, 0.15) is 0 Å². The fourth-order valence-electron chi connectivity index (χ4n) is 3.33. The van der Waals surface area contributed by atoms with Crippen LogP contribution in [0.4, 0.5) is 0 Å². The van der Waals surface area contributed by atoms with Gasteiger partial charge < -0.3 is 5.32 Å². The third-order valence-corrected chi connectivity index (χ3v) is 4.78. The molecule has 0 aromatic heterocycles. The SMILES string of the molecule is CCCNCC(CC)N1CCCC(C(C)(C)C)CC1. The first-order valence-electron chi connectivity index (χ1n) is 8.43. The van der Waals surface area contributed by atoms with E-state index in [2.05, 4.69) is 44.8 Å². The lowest BCUT2D eigenvalue weighted by Crippen LogP contribution is -2.42. The summed E-state index contributed by atoms with van der Waals surface area (Å²) in [6, 6.07) is 0.741. The Labute approximate surface area is 121 Å². The predicted octanol–water partition coefficient (Wildman–Crippen LogP) is 3.91. The lowest BCUT2D eigenvalue weighted by atomic mass is 9.77. The molecule has 0 aliphatic carbocycles. The first-order valence-corrected chi connectivity index (χ1v) is 8.43. The highest BCUT2D eigenvalue weighted by molar-refractivity contribution is 4.82. The van der Waals surface area contributed by atoms with Gasteiger partial charge in [-0.3, -0.25) is 4.90 Å². The molecule has 0 spiro atoms. The van der Waals surface area contributed by atoms with E-state index in [1.54, 1.807) is 0 Å². The van der Waals surface area contributed by atoms with Gasteiger partial charge in [-0.15, -0.1) is 0 Å². The van der Waals surface area contributed by atoms with Crippen LogP contribution in [0.3, 0.4) is 0 Å². The summed E-state index contributed by atoms with van der Waals surface area (Å²) in [5.74, 6) is 0.901. The molecule has 0 amide bonds. The predicted molar refractivity (Wildman–Crippen MR) is 85.6 cm³/mol. The summed E-state index contributed by atoms with van der Waals surface area (Å²) in [4.78, 5) is 2.74. The fraction of sp³-hybridized carbons (Fsp3) is 1.00. The highest BCUT2D eigenvalue weighted by atomic mass is 15.2. The monoisotopic (exact) mass is 268 g/mol. The van der Waals surface area contributed by atoms with Crippen LogP contribution in [0.1, 0.15) is 66.7 Å². The van der Waals surface area contributed by atoms with E-state index in [9.17, 15) is 0 Å². The number of nitrogens with zero attached hydrogens (tertiary/aromatic N) is 1. The topological polar surface area (TPSA) is 15.3 Å². The molecular formula is C17H36N2. The molecule has 1 saturated heterocycles. The zero-order chi connectivity index (χ0) is 14.3. The van der Waals surface area contributed by atoms with E-state index in [0.717, 1.165) is 18.5 Å². The molecule has 0 bridgehead atoms. The van der Waals surface area contributed by atoms with Crippen LogP contribution >= 0.6 is 0 Å². The third kappa shape index (κ3) is 5.83. The van der Waals surface area contributed by atoms with Crippen molar-refractivity contribution in [2.24, 2.45) is 11.3 Å². The van der Waals surface area contributed by atoms with Crippen LogP contribution in [0.25, 0.3) is 0 Å². The second-order valence-corrected chi connectivity index (χ2v) is 7.30. The molecular weight excluding hydrogens is 232 g/mol. The summed E-state index contributed by atoms with van der Waals surface area (Å²) in [7, 11) is 0. The Morgan fingerprint density at radius 1 is 1.16 bits per heavy atom. The largest absolute Gasteiger partial charge is 0.315 e. The van der Waals surface area contributed by atoms with Crippen molar-refractivity contribution in [2.45, 2.75) is 72.8 Å². The summed E-state index contributed by atoms with van der Waals surface area (Å²) < 4.78 is 0. The van der Waals surface area contributed by atoms with E-state index in [1.165, 1.54) is 51.7 Å². The summed E-state index contributed by atoms with van der Waals surface area (Å²) in [5, 5.41) is 3.60. The van der Waals surface area contributed by atoms with E-state index in [4.69, 9.17) is 0 Å². The van der Waals surface area contributed by atoms with Gasteiger partial charge in [0, 0.05) is 12.6 Å². The molecule has 2 heteroatoms. The maximum Gasteiger partial charge on any atom is 0.0218 e. The zero-order valence-corrected chi connectivity index (χ0v) is 14.0. The van der Waals surface area contributed by atoms with E-state index in [1.807, 2.05) is 0 Å². The van der Waals surface area contributed by atoms with Crippen molar-refractivity contribution < 1.29 is 0 Å². The summed E-state index contributed by atoms with van der Waals surface area (Å²) in [6.07, 6.45) is 6.69. The lowest BCUT2D eigenvalue weighted by Gasteiger charge is -2.32. The highest BCUT2D eigenvalue weighted by Crippen LogP contribution is 2.34. The first-order chi connectivity index (χ1) is 8.99. The van der Waals surface area contributed by atoms with Crippen molar-refractivity contribution >= 4 is 0 Å². The maximum absolute atomic E-state index is 3.60. The molecule has 0 saturated carbocycles. The molecule has 2 unspecified atom stereocenters. The van der Waals surface area contributed by atoms with Crippen molar-refractivity contribution in [3.63, 3.8) is 0 Å². The Morgan fingerprint density at radius 2 is 1.89 bits per heavy atom. The van der Waals surface area contributed by atoms with Crippen LogP contribution in [0.2, 0.25) is 0 Å². The van der Waals surface area contributed by atoms with Crippen LogP contribution in [-0.4, -0.2) is 37.1 Å². The molecule has 2 nitrogen and oxygen atoms in total. The Morgan fingerprint density at radius 3 is 2.47 bits per heavy atom. The van der Waals surface area contributed by atoms with Crippen LogP contribution in [0.15, 0.2) is 0 Å². The summed E-state index contributed by atoms with van der Waals surface area (Å²) >= 11 is 0. The van der Waals surface area contributed by atoms with Gasteiger partial charge in [-0.05, 0) is 63.1 Å². The van der Waals surface area contributed by atoms with Crippen LogP contribution in [-0.2, 0) is 0 Å². The lowest BCUT2D eigenvalue weighted by molar-refractivity contribution is 0.175. The fourth-order valence-corrected chi connectivity index (χ4v) is 3.33. The minimum absolute atomic E-state index is 0.484. The van der Waals surface area contributed by atoms with E-state index in [0.29, 0.717) is 5.41 Å². The Bertz CT molecular complexity index is 232. The number of hydrogen-bond donors (Lipinski definition) is 1. The minimum atomic E-state index is 0.484. The van der Waals surface area contributed by atoms with E-state index < -0.39 is 0 Å². The molecule has 1 aliphatic heterocycles. The molecule has 1 fully saturated rings. The van der Waals surface area contributed by atoms with Crippen LogP contribution in [0.5, 0.6) is 0 Å². The number of hydrogen-bond acceptors (Lipinski definition) is 2. The van der Waals surface area contributed by atoms with Gasteiger partial charge in [0.25, 0.3) is 0 Å². The standard InChI is InChI=1S/C17H36N2/c1-6-11-18-14-16(7-2)19-12-8-9-15(10-13-19)17(3,4)5/h15-16,18H,6-14H2,1-5H3. The van der Waals surface area contributed by atoms with Crippen LogP contribution < -0.4 is 5.32 Å². The molecule has 1 N–H and O–H groups in total. The smallest absolute Gasteiger partial charge is 0.0218 e. The third-order valence-electron chi connectivity index (χ3n) is 4.78. The molecule has 114 valence electrons. The quantitative estimate of drug-likeness (QED) is 0.735. The summed E-state index contributed by atoms with van der Waals surface area (Å²) in [5.41, 5.74) is 0.484. The Hall–Kier alpha value is -0.0800. The molecule has 19 heavy (non-hydrogen) atoms. The van der Waals surface area contributed by atoms with Crippen molar-refractivity contribution in [1.82, 2.24) is 10.2 Å².